The zero-order valence-electron chi connectivity index (χ0n) is 10.5. The number of hydrogen-bond donors (Lipinski definition) is 1. The molecular weight excluding hydrogens is 330 g/mol. The normalized spacial score (nSPS) is 12.4. The first-order valence-electron chi connectivity index (χ1n) is 6.01. The first-order chi connectivity index (χ1) is 9.16. The zero-order chi connectivity index (χ0) is 13.7. The smallest absolute Gasteiger partial charge is 0.138 e. The maximum absolute atomic E-state index is 6.06. The van der Waals surface area contributed by atoms with E-state index in [2.05, 4.69) is 21.2 Å². The molecule has 1 N–H and O–H groups in total. The van der Waals surface area contributed by atoms with Crippen molar-refractivity contribution in [3.63, 3.8) is 0 Å². The Kier molecular flexibility index (Phi) is 5.31. The summed E-state index contributed by atoms with van der Waals surface area (Å²) in [5.41, 5.74) is 0. The number of nitrogens with one attached hydrogen (secondary N) is 1. The van der Waals surface area contributed by atoms with E-state index in [1.54, 1.807) is 6.26 Å². The van der Waals surface area contributed by atoms with Crippen LogP contribution in [0.4, 0.5) is 0 Å². The standard InChI is InChI=1S/C14H15BrClNO2/c1-10(13-3-2-7-18-13)17-6-8-19-14-5-4-11(15)9-12(14)16/h2-5,7,9-10,17H,6,8H2,1H3. The van der Waals surface area contributed by atoms with Crippen LogP contribution in [0, 0.1) is 0 Å². The van der Waals surface area contributed by atoms with E-state index in [0.717, 1.165) is 10.2 Å². The summed E-state index contributed by atoms with van der Waals surface area (Å²) in [6, 6.07) is 9.56. The number of furan rings is 1. The summed E-state index contributed by atoms with van der Waals surface area (Å²) in [6.45, 7) is 3.31. The third-order valence-corrected chi connectivity index (χ3v) is 3.46. The Labute approximate surface area is 126 Å². The molecule has 0 fully saturated rings. The fourth-order valence-electron chi connectivity index (χ4n) is 1.67. The van der Waals surface area contributed by atoms with Crippen molar-refractivity contribution in [2.45, 2.75) is 13.0 Å². The Morgan fingerprint density at radius 1 is 1.42 bits per heavy atom. The quantitative estimate of drug-likeness (QED) is 0.787. The molecule has 0 spiro atoms. The van der Waals surface area contributed by atoms with Crippen LogP contribution in [-0.4, -0.2) is 13.2 Å². The summed E-state index contributed by atoms with van der Waals surface area (Å²) in [5, 5.41) is 3.92. The summed E-state index contributed by atoms with van der Waals surface area (Å²) in [4.78, 5) is 0. The van der Waals surface area contributed by atoms with Crippen LogP contribution in [0.3, 0.4) is 0 Å². The van der Waals surface area contributed by atoms with Crippen molar-refractivity contribution in [3.8, 4) is 5.75 Å². The molecule has 1 atom stereocenters. The molecule has 1 aromatic heterocycles. The minimum absolute atomic E-state index is 0.166. The molecule has 2 rings (SSSR count). The van der Waals surface area contributed by atoms with Crippen LogP contribution in [0.5, 0.6) is 5.75 Å². The van der Waals surface area contributed by atoms with E-state index in [-0.39, 0.29) is 6.04 Å². The molecular formula is C14H15BrClNO2. The summed E-state index contributed by atoms with van der Waals surface area (Å²) in [5.74, 6) is 1.61. The highest BCUT2D eigenvalue weighted by molar-refractivity contribution is 9.10. The molecule has 1 unspecified atom stereocenters. The second kappa shape index (κ2) is 6.98. The van der Waals surface area contributed by atoms with Gasteiger partial charge in [0.25, 0.3) is 0 Å². The molecule has 19 heavy (non-hydrogen) atoms. The van der Waals surface area contributed by atoms with Crippen molar-refractivity contribution in [1.82, 2.24) is 5.32 Å². The lowest BCUT2D eigenvalue weighted by Gasteiger charge is -2.12. The Balaban J connectivity index is 1.75. The van der Waals surface area contributed by atoms with Gasteiger partial charge in [0.05, 0.1) is 17.3 Å². The van der Waals surface area contributed by atoms with Crippen LogP contribution in [0.2, 0.25) is 5.02 Å². The molecule has 0 aliphatic heterocycles. The number of halogens is 2. The van der Waals surface area contributed by atoms with Gasteiger partial charge in [0.2, 0.25) is 0 Å². The van der Waals surface area contributed by atoms with E-state index in [1.165, 1.54) is 0 Å². The Hall–Kier alpha value is -0.970. The predicted octanol–water partition coefficient (Wildman–Crippen LogP) is 4.43. The summed E-state index contributed by atoms with van der Waals surface area (Å²) >= 11 is 9.42. The molecule has 0 bridgehead atoms. The van der Waals surface area contributed by atoms with Crippen LogP contribution >= 0.6 is 27.5 Å². The third kappa shape index (κ3) is 4.27. The largest absolute Gasteiger partial charge is 0.491 e. The van der Waals surface area contributed by atoms with Crippen molar-refractivity contribution in [3.05, 3.63) is 51.9 Å². The summed E-state index contributed by atoms with van der Waals surface area (Å²) in [7, 11) is 0. The molecule has 2 aromatic rings. The van der Waals surface area contributed by atoms with Gasteiger partial charge in [-0.15, -0.1) is 0 Å². The second-order valence-corrected chi connectivity index (χ2v) is 5.44. The van der Waals surface area contributed by atoms with E-state index in [1.807, 2.05) is 37.3 Å². The minimum Gasteiger partial charge on any atom is -0.491 e. The molecule has 102 valence electrons. The lowest BCUT2D eigenvalue weighted by Crippen LogP contribution is -2.24. The highest BCUT2D eigenvalue weighted by Gasteiger charge is 2.07. The van der Waals surface area contributed by atoms with Gasteiger partial charge in [-0.05, 0) is 37.3 Å². The number of ether oxygens (including phenoxy) is 1. The SMILES string of the molecule is CC(NCCOc1ccc(Br)cc1Cl)c1ccco1. The van der Waals surface area contributed by atoms with Gasteiger partial charge in [0.15, 0.2) is 0 Å². The molecule has 3 nitrogen and oxygen atoms in total. The minimum atomic E-state index is 0.166. The Bertz CT molecular complexity index is 516. The molecule has 0 saturated carbocycles. The molecule has 0 aliphatic rings. The van der Waals surface area contributed by atoms with Crippen molar-refractivity contribution in [2.75, 3.05) is 13.2 Å². The van der Waals surface area contributed by atoms with Crippen LogP contribution in [0.1, 0.15) is 18.7 Å². The van der Waals surface area contributed by atoms with Gasteiger partial charge in [0.1, 0.15) is 18.1 Å². The predicted molar refractivity (Wildman–Crippen MR) is 79.8 cm³/mol. The fraction of sp³-hybridized carbons (Fsp3) is 0.286. The maximum atomic E-state index is 6.06. The van der Waals surface area contributed by atoms with Crippen LogP contribution in [0.15, 0.2) is 45.5 Å². The topological polar surface area (TPSA) is 34.4 Å². The zero-order valence-corrected chi connectivity index (χ0v) is 12.9. The first-order valence-corrected chi connectivity index (χ1v) is 7.18. The lowest BCUT2D eigenvalue weighted by atomic mass is 10.2. The van der Waals surface area contributed by atoms with E-state index in [9.17, 15) is 0 Å². The average molecular weight is 345 g/mol. The lowest BCUT2D eigenvalue weighted by molar-refractivity contribution is 0.302. The van der Waals surface area contributed by atoms with E-state index >= 15 is 0 Å². The molecule has 0 aliphatic carbocycles. The van der Waals surface area contributed by atoms with Gasteiger partial charge >= 0.3 is 0 Å². The van der Waals surface area contributed by atoms with Crippen LogP contribution in [-0.2, 0) is 0 Å². The second-order valence-electron chi connectivity index (χ2n) is 4.11. The number of rotatable bonds is 6. The molecule has 1 aromatic carbocycles. The van der Waals surface area contributed by atoms with Crippen molar-refractivity contribution in [2.24, 2.45) is 0 Å². The van der Waals surface area contributed by atoms with Gasteiger partial charge in [-0.3, -0.25) is 0 Å². The highest BCUT2D eigenvalue weighted by atomic mass is 79.9. The van der Waals surface area contributed by atoms with E-state index < -0.39 is 0 Å². The first kappa shape index (κ1) is 14.4. The van der Waals surface area contributed by atoms with E-state index in [0.29, 0.717) is 23.9 Å². The van der Waals surface area contributed by atoms with Crippen LogP contribution < -0.4 is 10.1 Å². The molecule has 1 heterocycles. The monoisotopic (exact) mass is 343 g/mol. The molecule has 0 radical (unpaired) electrons. The molecule has 5 heteroatoms. The highest BCUT2D eigenvalue weighted by Crippen LogP contribution is 2.27. The van der Waals surface area contributed by atoms with E-state index in [4.69, 9.17) is 20.8 Å². The van der Waals surface area contributed by atoms with Gasteiger partial charge in [-0.1, -0.05) is 27.5 Å². The summed E-state index contributed by atoms with van der Waals surface area (Å²) in [6.07, 6.45) is 1.67. The molecule has 0 saturated heterocycles. The third-order valence-electron chi connectivity index (χ3n) is 2.67. The molecule has 0 amide bonds. The average Bonchev–Trinajstić information content (AvgIpc) is 2.90. The van der Waals surface area contributed by atoms with Crippen LogP contribution in [0.25, 0.3) is 0 Å². The van der Waals surface area contributed by atoms with Gasteiger partial charge in [-0.2, -0.15) is 0 Å². The number of benzene rings is 1. The number of hydrogen-bond acceptors (Lipinski definition) is 3. The Morgan fingerprint density at radius 3 is 2.95 bits per heavy atom. The summed E-state index contributed by atoms with van der Waals surface area (Å²) < 4.78 is 11.9. The fourth-order valence-corrected chi connectivity index (χ4v) is 2.39. The maximum Gasteiger partial charge on any atom is 0.138 e. The van der Waals surface area contributed by atoms with Crippen molar-refractivity contribution < 1.29 is 9.15 Å². The van der Waals surface area contributed by atoms with Gasteiger partial charge in [-0.25, -0.2) is 0 Å². The van der Waals surface area contributed by atoms with Gasteiger partial charge in [0, 0.05) is 11.0 Å². The van der Waals surface area contributed by atoms with Gasteiger partial charge < -0.3 is 14.5 Å². The Morgan fingerprint density at radius 2 is 2.26 bits per heavy atom. The van der Waals surface area contributed by atoms with Crippen molar-refractivity contribution in [1.29, 1.82) is 0 Å². The van der Waals surface area contributed by atoms with Crippen molar-refractivity contribution >= 4 is 27.5 Å².